The van der Waals surface area contributed by atoms with E-state index in [2.05, 4.69) is 10.3 Å². The molecule has 1 N–H and O–H groups in total. The van der Waals surface area contributed by atoms with Crippen LogP contribution in [-0.4, -0.2) is 22.6 Å². The molecule has 7 heteroatoms. The molecule has 146 valence electrons. The molecule has 0 bridgehead atoms. The Morgan fingerprint density at radius 2 is 1.90 bits per heavy atom. The van der Waals surface area contributed by atoms with Crippen molar-refractivity contribution in [2.45, 2.75) is 6.92 Å². The van der Waals surface area contributed by atoms with E-state index in [4.69, 9.17) is 4.74 Å². The fourth-order valence-electron chi connectivity index (χ4n) is 3.49. The molecule has 2 aromatic heterocycles. The van der Waals surface area contributed by atoms with E-state index in [1.54, 1.807) is 39.3 Å². The minimum absolute atomic E-state index is 0.0730. The van der Waals surface area contributed by atoms with Crippen LogP contribution in [0.4, 0.5) is 10.1 Å². The summed E-state index contributed by atoms with van der Waals surface area (Å²) in [5, 5.41) is 3.64. The smallest absolute Gasteiger partial charge is 0.261 e. The van der Waals surface area contributed by atoms with Crippen LogP contribution < -0.4 is 15.5 Å². The molecule has 4 rings (SSSR count). The molecule has 1 amide bonds. The lowest BCUT2D eigenvalue weighted by atomic mass is 10.1. The van der Waals surface area contributed by atoms with E-state index in [1.807, 2.05) is 6.07 Å². The molecular formula is C22H18FN3O3. The van der Waals surface area contributed by atoms with E-state index in [-0.39, 0.29) is 16.5 Å². The normalized spacial score (nSPS) is 11.0. The van der Waals surface area contributed by atoms with E-state index in [0.717, 1.165) is 0 Å². The highest BCUT2D eigenvalue weighted by Crippen LogP contribution is 2.30. The van der Waals surface area contributed by atoms with Gasteiger partial charge < -0.3 is 14.6 Å². The van der Waals surface area contributed by atoms with E-state index < -0.39 is 17.2 Å². The number of carbonyl (C=O) groups excluding carboxylic acids is 1. The molecule has 0 fully saturated rings. The number of nitrogens with one attached hydrogen (secondary N) is 1. The SMILES string of the molecule is COc1cccc2c(NC(=O)c3cn(C)c4c(F)cccc4c3=O)cc(C)nc12. The number of methoxy groups -OCH3 is 1. The number of ether oxygens (including phenoxy) is 1. The van der Waals surface area contributed by atoms with Crippen molar-refractivity contribution in [2.75, 3.05) is 12.4 Å². The van der Waals surface area contributed by atoms with E-state index in [0.29, 0.717) is 28.0 Å². The average molecular weight is 391 g/mol. The Bertz CT molecular complexity index is 1340. The molecule has 2 aromatic carbocycles. The first kappa shape index (κ1) is 18.6. The number of nitrogens with zero attached hydrogens (tertiary/aromatic N) is 2. The highest BCUT2D eigenvalue weighted by Gasteiger charge is 2.18. The first-order chi connectivity index (χ1) is 13.9. The van der Waals surface area contributed by atoms with Gasteiger partial charge in [0.2, 0.25) is 5.43 Å². The van der Waals surface area contributed by atoms with Crippen molar-refractivity contribution in [3.63, 3.8) is 0 Å². The van der Waals surface area contributed by atoms with Gasteiger partial charge in [0.15, 0.2) is 0 Å². The predicted octanol–water partition coefficient (Wildman–Crippen LogP) is 3.80. The zero-order valence-electron chi connectivity index (χ0n) is 16.1. The van der Waals surface area contributed by atoms with E-state index in [1.165, 1.54) is 29.0 Å². The van der Waals surface area contributed by atoms with Gasteiger partial charge in [-0.05, 0) is 31.2 Å². The standard InChI is InChI=1S/C22H18FN3O3/c1-12-10-17(13-6-5-9-18(29-3)19(13)24-12)25-22(28)15-11-26(2)20-14(21(15)27)7-4-8-16(20)23/h4-11H,1-3H3,(H,24,25,28). The summed E-state index contributed by atoms with van der Waals surface area (Å²) in [6.45, 7) is 1.80. The summed E-state index contributed by atoms with van der Waals surface area (Å²) in [5.74, 6) is -0.512. The predicted molar refractivity (Wildman–Crippen MR) is 110 cm³/mol. The van der Waals surface area contributed by atoms with Crippen LogP contribution in [0.2, 0.25) is 0 Å². The summed E-state index contributed by atoms with van der Waals surface area (Å²) in [6.07, 6.45) is 1.35. The van der Waals surface area contributed by atoms with Crippen LogP contribution in [0.3, 0.4) is 0 Å². The molecule has 0 aliphatic carbocycles. The first-order valence-corrected chi connectivity index (χ1v) is 8.94. The maximum atomic E-state index is 14.1. The number of aromatic nitrogens is 2. The Morgan fingerprint density at radius 1 is 1.17 bits per heavy atom. The summed E-state index contributed by atoms with van der Waals surface area (Å²) in [6, 6.07) is 11.4. The Hall–Kier alpha value is -3.74. The summed E-state index contributed by atoms with van der Waals surface area (Å²) < 4.78 is 20.9. The maximum Gasteiger partial charge on any atom is 0.261 e. The van der Waals surface area contributed by atoms with Gasteiger partial charge >= 0.3 is 0 Å². The third kappa shape index (κ3) is 3.10. The number of rotatable bonds is 3. The quantitative estimate of drug-likeness (QED) is 0.577. The Balaban J connectivity index is 1.84. The Morgan fingerprint density at radius 3 is 2.66 bits per heavy atom. The molecule has 0 saturated carbocycles. The fourth-order valence-corrected chi connectivity index (χ4v) is 3.49. The Kier molecular flexibility index (Phi) is 4.50. The maximum absolute atomic E-state index is 14.1. The molecule has 0 saturated heterocycles. The molecule has 0 spiro atoms. The van der Waals surface area contributed by atoms with Gasteiger partial charge in [-0.3, -0.25) is 9.59 Å². The topological polar surface area (TPSA) is 73.2 Å². The number of fused-ring (bicyclic) bond motifs is 2. The first-order valence-electron chi connectivity index (χ1n) is 8.94. The van der Waals surface area contributed by atoms with Gasteiger partial charge in [-0.2, -0.15) is 0 Å². The van der Waals surface area contributed by atoms with Gasteiger partial charge in [-0.25, -0.2) is 9.37 Å². The van der Waals surface area contributed by atoms with Crippen LogP contribution in [0, 0.1) is 12.7 Å². The van der Waals surface area contributed by atoms with Crippen molar-refractivity contribution in [3.8, 4) is 5.75 Å². The lowest BCUT2D eigenvalue weighted by molar-refractivity contribution is 0.102. The number of halogens is 1. The second-order valence-electron chi connectivity index (χ2n) is 6.74. The lowest BCUT2D eigenvalue weighted by Crippen LogP contribution is -2.24. The van der Waals surface area contributed by atoms with Gasteiger partial charge in [0.1, 0.15) is 22.6 Å². The summed E-state index contributed by atoms with van der Waals surface area (Å²) >= 11 is 0. The number of para-hydroxylation sites is 2. The van der Waals surface area contributed by atoms with Gasteiger partial charge in [0.05, 0.1) is 18.3 Å². The zero-order chi connectivity index (χ0) is 20.7. The molecule has 29 heavy (non-hydrogen) atoms. The number of aryl methyl sites for hydroxylation is 2. The molecule has 0 unspecified atom stereocenters. The van der Waals surface area contributed by atoms with Gasteiger partial charge in [-0.15, -0.1) is 0 Å². The number of anilines is 1. The molecular weight excluding hydrogens is 373 g/mol. The van der Waals surface area contributed by atoms with Crippen molar-refractivity contribution in [3.05, 3.63) is 76.0 Å². The number of benzene rings is 2. The van der Waals surface area contributed by atoms with Crippen molar-refractivity contribution in [1.29, 1.82) is 0 Å². The third-order valence-corrected chi connectivity index (χ3v) is 4.79. The number of hydrogen-bond acceptors (Lipinski definition) is 4. The zero-order valence-corrected chi connectivity index (χ0v) is 16.1. The minimum Gasteiger partial charge on any atom is -0.494 e. The monoisotopic (exact) mass is 391 g/mol. The largest absolute Gasteiger partial charge is 0.494 e. The van der Waals surface area contributed by atoms with Crippen molar-refractivity contribution >= 4 is 33.4 Å². The minimum atomic E-state index is -0.577. The highest BCUT2D eigenvalue weighted by molar-refractivity contribution is 6.10. The molecule has 2 heterocycles. The number of carbonyl (C=O) groups is 1. The second-order valence-corrected chi connectivity index (χ2v) is 6.74. The molecule has 0 radical (unpaired) electrons. The van der Waals surface area contributed by atoms with Crippen LogP contribution in [0.15, 0.2) is 53.5 Å². The average Bonchev–Trinajstić information content (AvgIpc) is 2.70. The van der Waals surface area contributed by atoms with Crippen molar-refractivity contribution in [2.24, 2.45) is 7.05 Å². The molecule has 0 aliphatic heterocycles. The summed E-state index contributed by atoms with van der Waals surface area (Å²) in [7, 11) is 3.15. The van der Waals surface area contributed by atoms with Gasteiger partial charge in [0, 0.05) is 29.7 Å². The fraction of sp³-hybridized carbons (Fsp3) is 0.136. The molecule has 0 aliphatic rings. The molecule has 6 nitrogen and oxygen atoms in total. The second kappa shape index (κ2) is 7.01. The van der Waals surface area contributed by atoms with E-state index >= 15 is 0 Å². The van der Waals surface area contributed by atoms with Crippen molar-refractivity contribution < 1.29 is 13.9 Å². The number of hydrogen-bond donors (Lipinski definition) is 1. The third-order valence-electron chi connectivity index (χ3n) is 4.79. The lowest BCUT2D eigenvalue weighted by Gasteiger charge is -2.13. The summed E-state index contributed by atoms with van der Waals surface area (Å²) in [5.41, 5.74) is 1.37. The number of amides is 1. The van der Waals surface area contributed by atoms with Crippen LogP contribution in [0.5, 0.6) is 5.75 Å². The van der Waals surface area contributed by atoms with Crippen LogP contribution in [0.1, 0.15) is 16.1 Å². The summed E-state index contributed by atoms with van der Waals surface area (Å²) in [4.78, 5) is 30.3. The number of pyridine rings is 2. The van der Waals surface area contributed by atoms with Crippen molar-refractivity contribution in [1.82, 2.24) is 9.55 Å². The highest BCUT2D eigenvalue weighted by atomic mass is 19.1. The van der Waals surface area contributed by atoms with Crippen LogP contribution in [0.25, 0.3) is 21.8 Å². The molecule has 0 atom stereocenters. The van der Waals surface area contributed by atoms with Crippen LogP contribution >= 0.6 is 0 Å². The Labute approximate surface area is 165 Å². The van der Waals surface area contributed by atoms with E-state index in [9.17, 15) is 14.0 Å². The van der Waals surface area contributed by atoms with Gasteiger partial charge in [-0.1, -0.05) is 18.2 Å². The van der Waals surface area contributed by atoms with Crippen LogP contribution in [-0.2, 0) is 7.05 Å². The molecule has 4 aromatic rings. The van der Waals surface area contributed by atoms with Gasteiger partial charge in [0.25, 0.3) is 5.91 Å².